The van der Waals surface area contributed by atoms with Gasteiger partial charge in [-0.2, -0.15) is 0 Å². The second-order valence-electron chi connectivity index (χ2n) is 7.68. The first-order valence-corrected chi connectivity index (χ1v) is 9.62. The summed E-state index contributed by atoms with van der Waals surface area (Å²) in [5.74, 6) is 0.375. The molecule has 1 aromatic rings. The largest absolute Gasteiger partial charge is 0.340 e. The first-order chi connectivity index (χ1) is 11.8. The Labute approximate surface area is 145 Å². The second-order valence-corrected chi connectivity index (χ2v) is 7.68. The predicted molar refractivity (Wildman–Crippen MR) is 95.6 cm³/mol. The van der Waals surface area contributed by atoms with Crippen LogP contribution in [0, 0.1) is 0 Å². The van der Waals surface area contributed by atoms with Crippen molar-refractivity contribution in [2.45, 2.75) is 63.2 Å². The zero-order chi connectivity index (χ0) is 16.4. The van der Waals surface area contributed by atoms with Crippen molar-refractivity contribution >= 4 is 5.91 Å². The van der Waals surface area contributed by atoms with E-state index in [9.17, 15) is 4.79 Å². The van der Waals surface area contributed by atoms with E-state index in [1.54, 1.807) is 0 Å². The molecule has 24 heavy (non-hydrogen) atoms. The van der Waals surface area contributed by atoms with Crippen LogP contribution in [0.1, 0.15) is 44.1 Å². The zero-order valence-corrected chi connectivity index (χ0v) is 14.5. The van der Waals surface area contributed by atoms with Crippen molar-refractivity contribution < 1.29 is 4.79 Å². The first kappa shape index (κ1) is 16.1. The number of carbonyl (C=O) groups excluding carboxylic acids is 1. The smallest absolute Gasteiger partial charge is 0.239 e. The van der Waals surface area contributed by atoms with Crippen LogP contribution < -0.4 is 5.32 Å². The number of nitrogens with zero attached hydrogens (tertiary/aromatic N) is 2. The standard InChI is InChI=1S/C20H29N3O/c24-20(23-13-11-17-9-10-18(15-23)21-17)19-8-4-5-12-22(19)14-16-6-2-1-3-7-16/h1-3,6-7,17-19,21H,4-5,8-15H2. The Morgan fingerprint density at radius 3 is 2.71 bits per heavy atom. The van der Waals surface area contributed by atoms with Gasteiger partial charge in [0, 0.05) is 31.7 Å². The molecule has 0 aromatic heterocycles. The molecular weight excluding hydrogens is 298 g/mol. The van der Waals surface area contributed by atoms with E-state index < -0.39 is 0 Å². The number of rotatable bonds is 3. The maximum Gasteiger partial charge on any atom is 0.239 e. The molecule has 0 radical (unpaired) electrons. The molecule has 3 unspecified atom stereocenters. The van der Waals surface area contributed by atoms with E-state index in [1.807, 2.05) is 0 Å². The van der Waals surface area contributed by atoms with E-state index in [2.05, 4.69) is 45.4 Å². The number of carbonyl (C=O) groups is 1. The summed E-state index contributed by atoms with van der Waals surface area (Å²) in [4.78, 5) is 17.8. The lowest BCUT2D eigenvalue weighted by Crippen LogP contribution is -2.52. The quantitative estimate of drug-likeness (QED) is 0.926. The van der Waals surface area contributed by atoms with Crippen molar-refractivity contribution in [3.8, 4) is 0 Å². The minimum atomic E-state index is 0.0792. The van der Waals surface area contributed by atoms with Gasteiger partial charge in [0.15, 0.2) is 0 Å². The highest BCUT2D eigenvalue weighted by molar-refractivity contribution is 5.82. The van der Waals surface area contributed by atoms with Gasteiger partial charge < -0.3 is 10.2 Å². The minimum Gasteiger partial charge on any atom is -0.340 e. The topological polar surface area (TPSA) is 35.6 Å². The highest BCUT2D eigenvalue weighted by atomic mass is 16.2. The van der Waals surface area contributed by atoms with E-state index in [0.717, 1.165) is 39.0 Å². The van der Waals surface area contributed by atoms with Gasteiger partial charge >= 0.3 is 0 Å². The van der Waals surface area contributed by atoms with Crippen molar-refractivity contribution in [2.24, 2.45) is 0 Å². The second kappa shape index (κ2) is 7.24. The fraction of sp³-hybridized carbons (Fsp3) is 0.650. The summed E-state index contributed by atoms with van der Waals surface area (Å²) in [7, 11) is 0. The Kier molecular flexibility index (Phi) is 4.86. The molecule has 4 heteroatoms. The van der Waals surface area contributed by atoms with E-state index in [1.165, 1.54) is 31.2 Å². The number of fused-ring (bicyclic) bond motifs is 2. The molecule has 4 nitrogen and oxygen atoms in total. The number of piperidine rings is 1. The molecular formula is C20H29N3O. The maximum absolute atomic E-state index is 13.2. The molecule has 4 rings (SSSR count). The van der Waals surface area contributed by atoms with Crippen LogP contribution in [0.4, 0.5) is 0 Å². The lowest BCUT2D eigenvalue weighted by atomic mass is 9.99. The SMILES string of the molecule is O=C(C1CCCCN1Cc1ccccc1)N1CCC2CCC(C1)N2. The zero-order valence-electron chi connectivity index (χ0n) is 14.5. The molecule has 130 valence electrons. The summed E-state index contributed by atoms with van der Waals surface area (Å²) in [6, 6.07) is 11.8. The van der Waals surface area contributed by atoms with Crippen LogP contribution in [0.25, 0.3) is 0 Å². The molecule has 0 aliphatic carbocycles. The summed E-state index contributed by atoms with van der Waals surface area (Å²) in [6.07, 6.45) is 7.04. The molecule has 3 atom stereocenters. The third kappa shape index (κ3) is 3.50. The van der Waals surface area contributed by atoms with Gasteiger partial charge in [-0.25, -0.2) is 0 Å². The summed E-state index contributed by atoms with van der Waals surface area (Å²) in [6.45, 7) is 3.78. The highest BCUT2D eigenvalue weighted by Crippen LogP contribution is 2.25. The Morgan fingerprint density at radius 1 is 1.00 bits per heavy atom. The summed E-state index contributed by atoms with van der Waals surface area (Å²) in [5.41, 5.74) is 1.31. The molecule has 3 fully saturated rings. The number of amides is 1. The van der Waals surface area contributed by atoms with Crippen molar-refractivity contribution in [1.82, 2.24) is 15.1 Å². The Bertz CT molecular complexity index is 561. The molecule has 3 aliphatic heterocycles. The van der Waals surface area contributed by atoms with Gasteiger partial charge in [0.1, 0.15) is 0 Å². The fourth-order valence-corrected chi connectivity index (χ4v) is 4.63. The van der Waals surface area contributed by atoms with Gasteiger partial charge in [-0.1, -0.05) is 36.8 Å². The van der Waals surface area contributed by atoms with Gasteiger partial charge in [-0.15, -0.1) is 0 Å². The summed E-state index contributed by atoms with van der Waals surface area (Å²) >= 11 is 0. The number of nitrogens with one attached hydrogen (secondary N) is 1. The molecule has 0 saturated carbocycles. The van der Waals surface area contributed by atoms with E-state index in [4.69, 9.17) is 0 Å². The lowest BCUT2D eigenvalue weighted by molar-refractivity contribution is -0.138. The summed E-state index contributed by atoms with van der Waals surface area (Å²) < 4.78 is 0. The van der Waals surface area contributed by atoms with Gasteiger partial charge in [-0.05, 0) is 44.2 Å². The monoisotopic (exact) mass is 327 g/mol. The molecule has 2 bridgehead atoms. The maximum atomic E-state index is 13.2. The van der Waals surface area contributed by atoms with Crippen LogP contribution in [0.3, 0.4) is 0 Å². The van der Waals surface area contributed by atoms with Gasteiger partial charge in [0.2, 0.25) is 5.91 Å². The molecule has 1 amide bonds. The van der Waals surface area contributed by atoms with Crippen LogP contribution >= 0.6 is 0 Å². The van der Waals surface area contributed by atoms with E-state index in [0.29, 0.717) is 18.0 Å². The molecule has 3 saturated heterocycles. The third-order valence-electron chi connectivity index (χ3n) is 5.96. The van der Waals surface area contributed by atoms with E-state index >= 15 is 0 Å². The highest BCUT2D eigenvalue weighted by Gasteiger charge is 2.36. The van der Waals surface area contributed by atoms with Crippen molar-refractivity contribution in [1.29, 1.82) is 0 Å². The number of hydrogen-bond donors (Lipinski definition) is 1. The first-order valence-electron chi connectivity index (χ1n) is 9.62. The number of likely N-dealkylation sites (tertiary alicyclic amines) is 2. The van der Waals surface area contributed by atoms with Crippen LogP contribution in [-0.2, 0) is 11.3 Å². The Morgan fingerprint density at radius 2 is 1.83 bits per heavy atom. The molecule has 1 aromatic carbocycles. The van der Waals surface area contributed by atoms with Crippen LogP contribution in [0.5, 0.6) is 0 Å². The van der Waals surface area contributed by atoms with Crippen LogP contribution in [0.15, 0.2) is 30.3 Å². The van der Waals surface area contributed by atoms with Gasteiger partial charge in [-0.3, -0.25) is 9.69 Å². The predicted octanol–water partition coefficient (Wildman–Crippen LogP) is 2.39. The Balaban J connectivity index is 1.44. The van der Waals surface area contributed by atoms with Gasteiger partial charge in [0.05, 0.1) is 6.04 Å². The van der Waals surface area contributed by atoms with Crippen molar-refractivity contribution in [3.05, 3.63) is 35.9 Å². The van der Waals surface area contributed by atoms with Gasteiger partial charge in [0.25, 0.3) is 0 Å². The normalized spacial score (nSPS) is 31.0. The number of hydrogen-bond acceptors (Lipinski definition) is 3. The van der Waals surface area contributed by atoms with Crippen LogP contribution in [0.2, 0.25) is 0 Å². The lowest BCUT2D eigenvalue weighted by Gasteiger charge is -2.38. The molecule has 0 spiro atoms. The minimum absolute atomic E-state index is 0.0792. The third-order valence-corrected chi connectivity index (χ3v) is 5.96. The molecule has 1 N–H and O–H groups in total. The summed E-state index contributed by atoms with van der Waals surface area (Å²) in [5, 5.41) is 3.68. The molecule has 3 heterocycles. The van der Waals surface area contributed by atoms with Crippen LogP contribution in [-0.4, -0.2) is 53.5 Å². The average molecular weight is 327 g/mol. The van der Waals surface area contributed by atoms with Crippen molar-refractivity contribution in [2.75, 3.05) is 19.6 Å². The van der Waals surface area contributed by atoms with E-state index in [-0.39, 0.29) is 6.04 Å². The van der Waals surface area contributed by atoms with Crippen molar-refractivity contribution in [3.63, 3.8) is 0 Å². The fourth-order valence-electron chi connectivity index (χ4n) is 4.63. The molecule has 3 aliphatic rings. The Hall–Kier alpha value is -1.39. The average Bonchev–Trinajstić information content (AvgIpc) is 2.95. The number of benzene rings is 1.